The van der Waals surface area contributed by atoms with Gasteiger partial charge >= 0.3 is 0 Å². The highest BCUT2D eigenvalue weighted by Crippen LogP contribution is 2.01. The van der Waals surface area contributed by atoms with Gasteiger partial charge in [-0.15, -0.1) is 11.6 Å². The first-order valence-corrected chi connectivity index (χ1v) is 3.20. The Morgan fingerprint density at radius 2 is 1.67 bits per heavy atom. The maximum atomic E-state index is 10.5. The Bertz CT molecular complexity index is 117. The molecule has 0 atom stereocenters. The fourth-order valence-corrected chi connectivity index (χ4v) is 0.938. The van der Waals surface area contributed by atoms with Gasteiger partial charge in [-0.25, -0.2) is 0 Å². The molecule has 2 nitrogen and oxygen atoms in total. The summed E-state index contributed by atoms with van der Waals surface area (Å²) in [4.78, 5) is 21.0. The number of carbonyl (C=O) groups is 2. The number of rotatable bonds is 3. The summed E-state index contributed by atoms with van der Waals surface area (Å²) >= 11 is 5.32. The Kier molecular flexibility index (Phi) is 3.47. The zero-order valence-corrected chi connectivity index (χ0v) is 6.23. The molecule has 0 saturated carbocycles. The highest BCUT2D eigenvalue weighted by atomic mass is 35.5. The van der Waals surface area contributed by atoms with Crippen LogP contribution in [-0.4, -0.2) is 17.4 Å². The molecule has 0 aliphatic heterocycles. The molecule has 0 aromatic rings. The Morgan fingerprint density at radius 3 is 1.67 bits per heavy atom. The van der Waals surface area contributed by atoms with E-state index in [2.05, 4.69) is 0 Å². The van der Waals surface area contributed by atoms with E-state index < -0.39 is 5.92 Å². The predicted molar refractivity (Wildman–Crippen MR) is 35.6 cm³/mol. The minimum atomic E-state index is -0.591. The van der Waals surface area contributed by atoms with Crippen molar-refractivity contribution >= 4 is 23.2 Å². The smallest absolute Gasteiger partial charge is 0.141 e. The molecule has 0 saturated heterocycles. The molecule has 0 aliphatic rings. The van der Waals surface area contributed by atoms with Crippen LogP contribution in [-0.2, 0) is 9.59 Å². The zero-order chi connectivity index (χ0) is 7.44. The molecule has 0 unspecified atom stereocenters. The maximum absolute atomic E-state index is 10.5. The topological polar surface area (TPSA) is 34.1 Å². The van der Waals surface area contributed by atoms with E-state index in [1.807, 2.05) is 0 Å². The quantitative estimate of drug-likeness (QED) is 0.443. The monoisotopic (exact) mass is 148 g/mol. The molecule has 0 N–H and O–H groups in total. The molecule has 0 rings (SSSR count). The van der Waals surface area contributed by atoms with Gasteiger partial charge in [0.15, 0.2) is 0 Å². The number of alkyl halides is 1. The lowest BCUT2D eigenvalue weighted by atomic mass is 10.0. The standard InChI is InChI=1S/C6H9ClO2/c1-4(8)6(3-7)5(2)9/h6H,3H2,1-2H3. The largest absolute Gasteiger partial charge is 0.299 e. The van der Waals surface area contributed by atoms with Crippen molar-refractivity contribution in [2.75, 3.05) is 5.88 Å². The van der Waals surface area contributed by atoms with Gasteiger partial charge in [-0.1, -0.05) is 0 Å². The molecule has 9 heavy (non-hydrogen) atoms. The molecule has 0 radical (unpaired) electrons. The fraction of sp³-hybridized carbons (Fsp3) is 0.667. The van der Waals surface area contributed by atoms with E-state index in [-0.39, 0.29) is 17.4 Å². The van der Waals surface area contributed by atoms with Crippen LogP contribution in [0, 0.1) is 5.92 Å². The van der Waals surface area contributed by atoms with E-state index in [4.69, 9.17) is 11.6 Å². The average molecular weight is 149 g/mol. The van der Waals surface area contributed by atoms with Crippen molar-refractivity contribution in [3.8, 4) is 0 Å². The Morgan fingerprint density at radius 1 is 1.33 bits per heavy atom. The zero-order valence-electron chi connectivity index (χ0n) is 5.48. The van der Waals surface area contributed by atoms with Crippen LogP contribution >= 0.6 is 11.6 Å². The number of halogens is 1. The van der Waals surface area contributed by atoms with E-state index in [9.17, 15) is 9.59 Å². The third kappa shape index (κ3) is 2.61. The van der Waals surface area contributed by atoms with Gasteiger partial charge in [0.25, 0.3) is 0 Å². The summed E-state index contributed by atoms with van der Waals surface area (Å²) in [6, 6.07) is 0. The molecule has 0 aromatic carbocycles. The van der Waals surface area contributed by atoms with E-state index in [1.165, 1.54) is 13.8 Å². The van der Waals surface area contributed by atoms with Crippen LogP contribution in [0.1, 0.15) is 13.8 Å². The fourth-order valence-electron chi connectivity index (χ4n) is 0.504. The van der Waals surface area contributed by atoms with Crippen molar-refractivity contribution in [3.05, 3.63) is 0 Å². The molecular formula is C6H9ClO2. The second kappa shape index (κ2) is 3.62. The van der Waals surface area contributed by atoms with Crippen molar-refractivity contribution < 1.29 is 9.59 Å². The molecule has 0 amide bonds. The third-order valence-corrected chi connectivity index (χ3v) is 1.44. The van der Waals surface area contributed by atoms with Gasteiger partial charge in [0, 0.05) is 5.88 Å². The highest BCUT2D eigenvalue weighted by Gasteiger charge is 2.16. The van der Waals surface area contributed by atoms with E-state index in [0.717, 1.165) is 0 Å². The SMILES string of the molecule is CC(=O)C(CCl)C(C)=O. The number of hydrogen-bond donors (Lipinski definition) is 0. The Hall–Kier alpha value is -0.370. The van der Waals surface area contributed by atoms with Gasteiger partial charge in [0.2, 0.25) is 0 Å². The Labute approximate surface area is 59.2 Å². The first kappa shape index (κ1) is 8.63. The lowest BCUT2D eigenvalue weighted by Crippen LogP contribution is -2.20. The summed E-state index contributed by atoms with van der Waals surface area (Å²) in [6.45, 7) is 2.74. The average Bonchev–Trinajstić information content (AvgIpc) is 1.64. The van der Waals surface area contributed by atoms with Gasteiger partial charge in [-0.2, -0.15) is 0 Å². The summed E-state index contributed by atoms with van der Waals surface area (Å²) in [5, 5.41) is 0. The number of carbonyl (C=O) groups excluding carboxylic acids is 2. The van der Waals surface area contributed by atoms with Crippen molar-refractivity contribution in [1.29, 1.82) is 0 Å². The second-order valence-corrected chi connectivity index (χ2v) is 2.24. The lowest BCUT2D eigenvalue weighted by Gasteiger charge is -2.02. The molecule has 0 spiro atoms. The minimum absolute atomic E-state index is 0.102. The number of Topliss-reactive ketones (excluding diaryl/α,β-unsaturated/α-hetero) is 2. The molecular weight excluding hydrogens is 140 g/mol. The summed E-state index contributed by atoms with van der Waals surface area (Å²) in [5.74, 6) is -0.799. The van der Waals surface area contributed by atoms with Crippen LogP contribution in [0.5, 0.6) is 0 Å². The van der Waals surface area contributed by atoms with E-state index in [0.29, 0.717) is 0 Å². The molecule has 3 heteroatoms. The van der Waals surface area contributed by atoms with Crippen LogP contribution in [0.4, 0.5) is 0 Å². The molecule has 0 fully saturated rings. The van der Waals surface area contributed by atoms with Crippen LogP contribution in [0.15, 0.2) is 0 Å². The van der Waals surface area contributed by atoms with Crippen molar-refractivity contribution in [2.45, 2.75) is 13.8 Å². The number of hydrogen-bond acceptors (Lipinski definition) is 2. The van der Waals surface area contributed by atoms with Crippen molar-refractivity contribution in [3.63, 3.8) is 0 Å². The molecule has 52 valence electrons. The Balaban J connectivity index is 3.99. The molecule has 0 heterocycles. The normalized spacial score (nSPS) is 9.78. The van der Waals surface area contributed by atoms with Crippen LogP contribution in [0.3, 0.4) is 0 Å². The van der Waals surface area contributed by atoms with E-state index in [1.54, 1.807) is 0 Å². The van der Waals surface area contributed by atoms with Gasteiger partial charge in [-0.05, 0) is 13.8 Å². The van der Waals surface area contributed by atoms with Crippen LogP contribution in [0.2, 0.25) is 0 Å². The van der Waals surface area contributed by atoms with Crippen molar-refractivity contribution in [1.82, 2.24) is 0 Å². The summed E-state index contributed by atoms with van der Waals surface area (Å²) in [6.07, 6.45) is 0. The van der Waals surface area contributed by atoms with Crippen molar-refractivity contribution in [2.24, 2.45) is 5.92 Å². The van der Waals surface area contributed by atoms with Crippen LogP contribution < -0.4 is 0 Å². The third-order valence-electron chi connectivity index (χ3n) is 1.14. The van der Waals surface area contributed by atoms with E-state index >= 15 is 0 Å². The minimum Gasteiger partial charge on any atom is -0.299 e. The molecule has 0 aromatic heterocycles. The number of ketones is 2. The van der Waals surface area contributed by atoms with Gasteiger partial charge < -0.3 is 0 Å². The first-order valence-electron chi connectivity index (χ1n) is 2.66. The second-order valence-electron chi connectivity index (χ2n) is 1.93. The highest BCUT2D eigenvalue weighted by molar-refractivity contribution is 6.22. The van der Waals surface area contributed by atoms with Gasteiger partial charge in [0.05, 0.1) is 5.92 Å². The van der Waals surface area contributed by atoms with Crippen LogP contribution in [0.25, 0.3) is 0 Å². The summed E-state index contributed by atoms with van der Waals surface area (Å²) in [7, 11) is 0. The summed E-state index contributed by atoms with van der Waals surface area (Å²) < 4.78 is 0. The molecule has 0 aliphatic carbocycles. The molecule has 0 bridgehead atoms. The first-order chi connectivity index (χ1) is 4.09. The maximum Gasteiger partial charge on any atom is 0.141 e. The van der Waals surface area contributed by atoms with Gasteiger partial charge in [0.1, 0.15) is 11.6 Å². The van der Waals surface area contributed by atoms with Gasteiger partial charge in [-0.3, -0.25) is 9.59 Å². The lowest BCUT2D eigenvalue weighted by molar-refractivity contribution is -0.129. The predicted octanol–water partition coefficient (Wildman–Crippen LogP) is 1.02. The summed E-state index contributed by atoms with van der Waals surface area (Å²) in [5.41, 5.74) is 0.